The zero-order valence-electron chi connectivity index (χ0n) is 33.7. The van der Waals surface area contributed by atoms with E-state index in [9.17, 15) is 0 Å². The van der Waals surface area contributed by atoms with Crippen molar-refractivity contribution >= 4 is 31.5 Å². The highest BCUT2D eigenvalue weighted by atomic mass is 32.1. The molecule has 0 amide bonds. The predicted molar refractivity (Wildman–Crippen MR) is 259 cm³/mol. The Morgan fingerprint density at radius 1 is 0.323 bits per heavy atom. The monoisotopic (exact) mass is 806 g/mol. The highest BCUT2D eigenvalue weighted by Crippen LogP contribution is 2.58. The number of fused-ring (bicyclic) bond motifs is 6. The summed E-state index contributed by atoms with van der Waals surface area (Å²) in [7, 11) is 0. The van der Waals surface area contributed by atoms with Gasteiger partial charge in [0.15, 0.2) is 5.82 Å². The molecule has 0 atom stereocenters. The molecular formula is C59H38N2S. The number of nitrogens with zero attached hydrogens (tertiary/aromatic N) is 2. The standard InChI is InChI=1S/C59H38N2S/c1-4-18-39(19-5-1)58-60-53(38-54(61-58)48-28-11-10-26-45(48)41-34-35-56-51(37-41)49-29-13-15-33-55(49)62-56)42-21-16-20-40(36-42)46-30-17-31-50-47-27-12-14-32-52(47)59(57(46)50,43-22-6-2-7-23-43)44-24-8-3-9-25-44/h1-38H. The van der Waals surface area contributed by atoms with Crippen molar-refractivity contribution in [2.45, 2.75) is 5.41 Å². The van der Waals surface area contributed by atoms with E-state index < -0.39 is 5.41 Å². The first kappa shape index (κ1) is 36.2. The second-order valence-electron chi connectivity index (χ2n) is 16.0. The molecule has 0 aliphatic heterocycles. The van der Waals surface area contributed by atoms with Crippen LogP contribution >= 0.6 is 11.3 Å². The number of benzene rings is 9. The van der Waals surface area contributed by atoms with E-state index in [-0.39, 0.29) is 0 Å². The summed E-state index contributed by atoms with van der Waals surface area (Å²) in [5, 5.41) is 2.57. The number of thiophene rings is 1. The molecule has 0 saturated heterocycles. The first-order valence-electron chi connectivity index (χ1n) is 21.1. The van der Waals surface area contributed by atoms with E-state index in [1.165, 1.54) is 64.7 Å². The second-order valence-corrected chi connectivity index (χ2v) is 17.1. The minimum absolute atomic E-state index is 0.522. The van der Waals surface area contributed by atoms with Gasteiger partial charge in [-0.1, -0.05) is 200 Å². The molecule has 62 heavy (non-hydrogen) atoms. The molecule has 0 fully saturated rings. The van der Waals surface area contributed by atoms with E-state index in [1.54, 1.807) is 0 Å². The Labute approximate surface area is 365 Å². The molecule has 12 rings (SSSR count). The molecule has 290 valence electrons. The number of hydrogen-bond acceptors (Lipinski definition) is 3. The Hall–Kier alpha value is -7.72. The maximum atomic E-state index is 5.32. The van der Waals surface area contributed by atoms with E-state index in [0.29, 0.717) is 5.82 Å². The summed E-state index contributed by atoms with van der Waals surface area (Å²) >= 11 is 1.84. The van der Waals surface area contributed by atoms with Gasteiger partial charge in [-0.25, -0.2) is 9.97 Å². The summed E-state index contributed by atoms with van der Waals surface area (Å²) in [4.78, 5) is 10.6. The number of hydrogen-bond donors (Lipinski definition) is 0. The maximum Gasteiger partial charge on any atom is 0.160 e. The zero-order chi connectivity index (χ0) is 41.0. The van der Waals surface area contributed by atoms with Crippen molar-refractivity contribution < 1.29 is 0 Å². The fourth-order valence-corrected chi connectivity index (χ4v) is 11.0. The minimum Gasteiger partial charge on any atom is -0.228 e. The second kappa shape index (κ2) is 14.8. The van der Waals surface area contributed by atoms with Crippen molar-refractivity contribution in [1.29, 1.82) is 0 Å². The van der Waals surface area contributed by atoms with Crippen LogP contribution in [0.3, 0.4) is 0 Å². The molecule has 2 heterocycles. The van der Waals surface area contributed by atoms with Gasteiger partial charge in [-0.15, -0.1) is 11.3 Å². The van der Waals surface area contributed by atoms with Crippen LogP contribution in [0.4, 0.5) is 0 Å². The Bertz CT molecular complexity index is 3420. The summed E-state index contributed by atoms with van der Waals surface area (Å²) in [5.41, 5.74) is 16.6. The predicted octanol–water partition coefficient (Wildman–Crippen LogP) is 15.5. The highest BCUT2D eigenvalue weighted by molar-refractivity contribution is 7.25. The third-order valence-electron chi connectivity index (χ3n) is 12.6. The summed E-state index contributed by atoms with van der Waals surface area (Å²) in [6.07, 6.45) is 0. The van der Waals surface area contributed by atoms with Crippen LogP contribution in [0.2, 0.25) is 0 Å². The lowest BCUT2D eigenvalue weighted by Gasteiger charge is -2.35. The molecular weight excluding hydrogens is 769 g/mol. The molecule has 0 bridgehead atoms. The van der Waals surface area contributed by atoms with Gasteiger partial charge in [-0.05, 0) is 86.0 Å². The van der Waals surface area contributed by atoms with E-state index in [0.717, 1.165) is 39.2 Å². The van der Waals surface area contributed by atoms with Crippen molar-refractivity contribution in [1.82, 2.24) is 9.97 Å². The van der Waals surface area contributed by atoms with Crippen LogP contribution in [-0.2, 0) is 5.41 Å². The van der Waals surface area contributed by atoms with Crippen molar-refractivity contribution in [3.05, 3.63) is 253 Å². The topological polar surface area (TPSA) is 25.8 Å². The maximum absolute atomic E-state index is 5.32. The molecule has 9 aromatic carbocycles. The molecule has 0 radical (unpaired) electrons. The van der Waals surface area contributed by atoms with E-state index in [2.05, 4.69) is 224 Å². The first-order valence-corrected chi connectivity index (χ1v) is 22.0. The van der Waals surface area contributed by atoms with E-state index >= 15 is 0 Å². The van der Waals surface area contributed by atoms with Gasteiger partial charge in [-0.3, -0.25) is 0 Å². The highest BCUT2D eigenvalue weighted by Gasteiger charge is 2.47. The lowest BCUT2D eigenvalue weighted by Crippen LogP contribution is -2.29. The molecule has 0 saturated carbocycles. The minimum atomic E-state index is -0.522. The average Bonchev–Trinajstić information content (AvgIpc) is 3.88. The van der Waals surface area contributed by atoms with Gasteiger partial charge in [0.25, 0.3) is 0 Å². The van der Waals surface area contributed by atoms with Crippen LogP contribution in [0.5, 0.6) is 0 Å². The summed E-state index contributed by atoms with van der Waals surface area (Å²) in [5.74, 6) is 0.695. The smallest absolute Gasteiger partial charge is 0.160 e. The van der Waals surface area contributed by atoms with Crippen LogP contribution in [0.1, 0.15) is 22.3 Å². The molecule has 0 unspecified atom stereocenters. The Morgan fingerprint density at radius 3 is 1.66 bits per heavy atom. The lowest BCUT2D eigenvalue weighted by molar-refractivity contribution is 0.770. The summed E-state index contributed by atoms with van der Waals surface area (Å²) in [6.45, 7) is 0. The van der Waals surface area contributed by atoms with Crippen LogP contribution in [0.25, 0.3) is 87.5 Å². The normalized spacial score (nSPS) is 12.6. The van der Waals surface area contributed by atoms with Crippen LogP contribution in [-0.4, -0.2) is 9.97 Å². The van der Waals surface area contributed by atoms with Crippen LogP contribution in [0.15, 0.2) is 231 Å². The van der Waals surface area contributed by atoms with Gasteiger partial charge < -0.3 is 0 Å². The Kier molecular flexibility index (Phi) is 8.62. The first-order chi connectivity index (χ1) is 30.7. The Balaban J connectivity index is 1.05. The lowest BCUT2D eigenvalue weighted by atomic mass is 9.66. The average molecular weight is 807 g/mol. The summed E-state index contributed by atoms with van der Waals surface area (Å²) < 4.78 is 2.60. The molecule has 2 nitrogen and oxygen atoms in total. The molecule has 0 N–H and O–H groups in total. The van der Waals surface area contributed by atoms with Crippen molar-refractivity contribution in [2.75, 3.05) is 0 Å². The van der Waals surface area contributed by atoms with Crippen LogP contribution in [0, 0.1) is 0 Å². The third kappa shape index (κ3) is 5.78. The third-order valence-corrected chi connectivity index (χ3v) is 13.7. The molecule has 11 aromatic rings. The Morgan fingerprint density at radius 2 is 0.871 bits per heavy atom. The quantitative estimate of drug-likeness (QED) is 0.160. The SMILES string of the molecule is c1ccc(-c2nc(-c3cccc(-c4cccc5c4C(c4ccccc4)(c4ccccc4)c4ccccc4-5)c3)cc(-c3ccccc3-c3ccc4sc5ccccc5c4c3)n2)cc1. The van der Waals surface area contributed by atoms with Gasteiger partial charge in [0.05, 0.1) is 16.8 Å². The van der Waals surface area contributed by atoms with Gasteiger partial charge in [-0.2, -0.15) is 0 Å². The van der Waals surface area contributed by atoms with Gasteiger partial charge in [0.2, 0.25) is 0 Å². The largest absolute Gasteiger partial charge is 0.228 e. The van der Waals surface area contributed by atoms with Gasteiger partial charge in [0, 0.05) is 36.9 Å². The van der Waals surface area contributed by atoms with E-state index in [4.69, 9.17) is 9.97 Å². The number of aromatic nitrogens is 2. The molecule has 3 heteroatoms. The zero-order valence-corrected chi connectivity index (χ0v) is 34.6. The molecule has 1 aliphatic rings. The molecule has 0 spiro atoms. The fraction of sp³-hybridized carbons (Fsp3) is 0.0169. The fourth-order valence-electron chi connectivity index (χ4n) is 9.89. The van der Waals surface area contributed by atoms with Crippen molar-refractivity contribution in [2.24, 2.45) is 0 Å². The summed E-state index contributed by atoms with van der Waals surface area (Å²) in [6, 6.07) is 83.5. The van der Waals surface area contributed by atoms with Crippen molar-refractivity contribution in [3.8, 4) is 67.3 Å². The van der Waals surface area contributed by atoms with Gasteiger partial charge >= 0.3 is 0 Å². The number of rotatable bonds is 7. The van der Waals surface area contributed by atoms with Crippen molar-refractivity contribution in [3.63, 3.8) is 0 Å². The molecule has 2 aromatic heterocycles. The van der Waals surface area contributed by atoms with E-state index in [1.807, 2.05) is 17.4 Å². The molecule has 1 aliphatic carbocycles. The van der Waals surface area contributed by atoms with Crippen LogP contribution < -0.4 is 0 Å². The van der Waals surface area contributed by atoms with Gasteiger partial charge in [0.1, 0.15) is 0 Å².